The summed E-state index contributed by atoms with van der Waals surface area (Å²) >= 11 is 5.94. The molecule has 3 rings (SSSR count). The lowest BCUT2D eigenvalue weighted by Crippen LogP contribution is -2.18. The average Bonchev–Trinajstić information content (AvgIpc) is 3.16. The molecule has 29 heavy (non-hydrogen) atoms. The number of halogens is 1. The molecule has 0 aliphatic rings. The second-order valence-electron chi connectivity index (χ2n) is 6.95. The van der Waals surface area contributed by atoms with E-state index in [0.29, 0.717) is 10.6 Å². The van der Waals surface area contributed by atoms with Crippen LogP contribution in [-0.4, -0.2) is 25.6 Å². The first-order chi connectivity index (χ1) is 13.8. The number of anilines is 1. The van der Waals surface area contributed by atoms with Gasteiger partial charge in [-0.05, 0) is 35.2 Å². The Morgan fingerprint density at radius 1 is 1.28 bits per heavy atom. The van der Waals surface area contributed by atoms with Gasteiger partial charge in [0, 0.05) is 11.1 Å². The van der Waals surface area contributed by atoms with E-state index in [9.17, 15) is 14.9 Å². The zero-order chi connectivity index (χ0) is 21.0. The van der Waals surface area contributed by atoms with E-state index in [-0.39, 0.29) is 35.7 Å². The fraction of sp³-hybridized carbons (Fsp3) is 0.250. The molecule has 0 saturated carbocycles. The molecule has 0 radical (unpaired) electrons. The molecule has 1 amide bonds. The largest absolute Gasteiger partial charge is 0.320 e. The number of rotatable bonds is 7. The highest BCUT2D eigenvalue weighted by molar-refractivity contribution is 6.30. The SMILES string of the molecule is CC(C)C(c1ccc(NC(=O)Cc2cccc(Cl)c2)c([N+](=O)[O-])c1)n1cncn1. The number of carbonyl (C=O) groups excluding carboxylic acids is 1. The Kier molecular flexibility index (Phi) is 6.23. The molecule has 0 spiro atoms. The minimum absolute atomic E-state index is 0.0625. The molecule has 0 bridgehead atoms. The fourth-order valence-electron chi connectivity index (χ4n) is 3.22. The Morgan fingerprint density at radius 3 is 2.69 bits per heavy atom. The first-order valence-electron chi connectivity index (χ1n) is 9.02. The summed E-state index contributed by atoms with van der Waals surface area (Å²) in [6, 6.07) is 11.5. The van der Waals surface area contributed by atoms with Crippen LogP contribution in [0.4, 0.5) is 11.4 Å². The van der Waals surface area contributed by atoms with E-state index >= 15 is 0 Å². The van der Waals surface area contributed by atoms with Gasteiger partial charge >= 0.3 is 0 Å². The molecule has 0 saturated heterocycles. The van der Waals surface area contributed by atoms with Crippen LogP contribution in [0.3, 0.4) is 0 Å². The number of nitrogens with one attached hydrogen (secondary N) is 1. The maximum absolute atomic E-state index is 12.4. The molecule has 150 valence electrons. The second-order valence-corrected chi connectivity index (χ2v) is 7.39. The number of benzene rings is 2. The van der Waals surface area contributed by atoms with E-state index in [0.717, 1.165) is 5.56 Å². The van der Waals surface area contributed by atoms with Gasteiger partial charge in [0.25, 0.3) is 5.69 Å². The third kappa shape index (κ3) is 4.97. The van der Waals surface area contributed by atoms with Crippen molar-refractivity contribution in [2.24, 2.45) is 5.92 Å². The summed E-state index contributed by atoms with van der Waals surface area (Å²) in [5.74, 6) is -0.237. The van der Waals surface area contributed by atoms with Gasteiger partial charge in [0.1, 0.15) is 18.3 Å². The molecular formula is C20H20ClN5O3. The van der Waals surface area contributed by atoms with Crippen molar-refractivity contribution in [3.05, 3.63) is 81.4 Å². The van der Waals surface area contributed by atoms with Crippen LogP contribution in [0.5, 0.6) is 0 Å². The van der Waals surface area contributed by atoms with Crippen molar-refractivity contribution in [3.63, 3.8) is 0 Å². The molecule has 3 aromatic rings. The number of aromatic nitrogens is 3. The lowest BCUT2D eigenvalue weighted by atomic mass is 9.95. The van der Waals surface area contributed by atoms with Crippen LogP contribution in [0.1, 0.15) is 31.0 Å². The molecule has 1 unspecified atom stereocenters. The maximum Gasteiger partial charge on any atom is 0.293 e. The lowest BCUT2D eigenvalue weighted by molar-refractivity contribution is -0.384. The molecule has 2 aromatic carbocycles. The van der Waals surface area contributed by atoms with Crippen LogP contribution in [0.2, 0.25) is 5.02 Å². The third-order valence-corrected chi connectivity index (χ3v) is 4.68. The lowest BCUT2D eigenvalue weighted by Gasteiger charge is -2.21. The van der Waals surface area contributed by atoms with Crippen LogP contribution < -0.4 is 5.32 Å². The van der Waals surface area contributed by atoms with Crippen LogP contribution >= 0.6 is 11.6 Å². The predicted molar refractivity (Wildman–Crippen MR) is 110 cm³/mol. The molecule has 0 aliphatic heterocycles. The number of hydrogen-bond acceptors (Lipinski definition) is 5. The van der Waals surface area contributed by atoms with Crippen molar-refractivity contribution in [1.29, 1.82) is 0 Å². The van der Waals surface area contributed by atoms with E-state index in [1.54, 1.807) is 47.4 Å². The third-order valence-electron chi connectivity index (χ3n) is 4.44. The Bertz CT molecular complexity index is 1020. The Morgan fingerprint density at radius 2 is 2.07 bits per heavy atom. The standard InChI is InChI=1S/C20H20ClN5O3/c1-13(2)20(25-12-22-11-23-25)15-6-7-17(18(10-15)26(28)29)24-19(27)9-14-4-3-5-16(21)8-14/h3-8,10-13,20H,9H2,1-2H3,(H,24,27). The summed E-state index contributed by atoms with van der Waals surface area (Å²) in [6.45, 7) is 4.00. The van der Waals surface area contributed by atoms with Gasteiger partial charge in [0.2, 0.25) is 5.91 Å². The maximum atomic E-state index is 12.4. The van der Waals surface area contributed by atoms with Crippen molar-refractivity contribution in [2.45, 2.75) is 26.3 Å². The van der Waals surface area contributed by atoms with Gasteiger partial charge in [-0.3, -0.25) is 14.9 Å². The second kappa shape index (κ2) is 8.83. The molecule has 8 nitrogen and oxygen atoms in total. The van der Waals surface area contributed by atoms with Crippen LogP contribution in [0, 0.1) is 16.0 Å². The molecule has 1 heterocycles. The van der Waals surface area contributed by atoms with E-state index in [1.807, 2.05) is 13.8 Å². The highest BCUT2D eigenvalue weighted by Crippen LogP contribution is 2.32. The number of nitro groups is 1. The molecule has 0 aliphatic carbocycles. The van der Waals surface area contributed by atoms with Crippen molar-refractivity contribution in [2.75, 3.05) is 5.32 Å². The van der Waals surface area contributed by atoms with Crippen molar-refractivity contribution >= 4 is 28.9 Å². The zero-order valence-electron chi connectivity index (χ0n) is 15.9. The monoisotopic (exact) mass is 413 g/mol. The van der Waals surface area contributed by atoms with Crippen molar-refractivity contribution in [3.8, 4) is 0 Å². The highest BCUT2D eigenvalue weighted by atomic mass is 35.5. The molecule has 1 atom stereocenters. The number of hydrogen-bond donors (Lipinski definition) is 1. The van der Waals surface area contributed by atoms with Crippen LogP contribution in [-0.2, 0) is 11.2 Å². The van der Waals surface area contributed by atoms with Gasteiger partial charge in [0.05, 0.1) is 17.4 Å². The average molecular weight is 414 g/mol. The quantitative estimate of drug-likeness (QED) is 0.460. The van der Waals surface area contributed by atoms with Gasteiger partial charge in [-0.2, -0.15) is 5.10 Å². The number of nitrogens with zero attached hydrogens (tertiary/aromatic N) is 4. The first kappa shape index (κ1) is 20.5. The molecule has 1 aromatic heterocycles. The molecular weight excluding hydrogens is 394 g/mol. The van der Waals surface area contributed by atoms with E-state index in [1.165, 1.54) is 12.4 Å². The topological polar surface area (TPSA) is 103 Å². The van der Waals surface area contributed by atoms with E-state index < -0.39 is 4.92 Å². The Labute approximate surface area is 172 Å². The smallest absolute Gasteiger partial charge is 0.293 e. The highest BCUT2D eigenvalue weighted by Gasteiger charge is 2.24. The molecule has 9 heteroatoms. The van der Waals surface area contributed by atoms with Crippen molar-refractivity contribution < 1.29 is 9.72 Å². The van der Waals surface area contributed by atoms with E-state index in [4.69, 9.17) is 11.6 Å². The fourth-order valence-corrected chi connectivity index (χ4v) is 3.43. The number of carbonyl (C=O) groups is 1. The Balaban J connectivity index is 1.86. The Hall–Kier alpha value is -3.26. The number of amides is 1. The van der Waals surface area contributed by atoms with Crippen LogP contribution in [0.25, 0.3) is 0 Å². The van der Waals surface area contributed by atoms with Gasteiger partial charge in [0.15, 0.2) is 0 Å². The first-order valence-corrected chi connectivity index (χ1v) is 9.39. The van der Waals surface area contributed by atoms with Crippen LogP contribution in [0.15, 0.2) is 55.1 Å². The summed E-state index contributed by atoms with van der Waals surface area (Å²) in [4.78, 5) is 27.5. The van der Waals surface area contributed by atoms with Gasteiger partial charge < -0.3 is 5.32 Å². The predicted octanol–water partition coefficient (Wildman–Crippen LogP) is 4.27. The van der Waals surface area contributed by atoms with Crippen molar-refractivity contribution in [1.82, 2.24) is 14.8 Å². The van der Waals surface area contributed by atoms with Gasteiger partial charge in [-0.15, -0.1) is 0 Å². The molecule has 1 N–H and O–H groups in total. The summed E-state index contributed by atoms with van der Waals surface area (Å²) in [5, 5.41) is 19.0. The summed E-state index contributed by atoms with van der Waals surface area (Å²) in [5.41, 5.74) is 1.41. The summed E-state index contributed by atoms with van der Waals surface area (Å²) in [6.07, 6.45) is 3.07. The molecule has 0 fully saturated rings. The summed E-state index contributed by atoms with van der Waals surface area (Å²) < 4.78 is 1.67. The minimum atomic E-state index is -0.503. The zero-order valence-corrected chi connectivity index (χ0v) is 16.7. The minimum Gasteiger partial charge on any atom is -0.320 e. The number of nitro benzene ring substituents is 1. The van der Waals surface area contributed by atoms with Gasteiger partial charge in [-0.25, -0.2) is 9.67 Å². The van der Waals surface area contributed by atoms with E-state index in [2.05, 4.69) is 15.4 Å². The normalized spacial score (nSPS) is 12.0. The van der Waals surface area contributed by atoms with Gasteiger partial charge in [-0.1, -0.05) is 43.6 Å². The summed E-state index contributed by atoms with van der Waals surface area (Å²) in [7, 11) is 0.